The molecule has 2 nitrogen and oxygen atoms in total. The number of hydrogen-bond acceptors (Lipinski definition) is 1. The van der Waals surface area contributed by atoms with Gasteiger partial charge in [-0.1, -0.05) is 26.0 Å². The second-order valence-corrected chi connectivity index (χ2v) is 5.28. The minimum atomic E-state index is 0.498. The van der Waals surface area contributed by atoms with Crippen LogP contribution in [0.5, 0.6) is 0 Å². The first-order chi connectivity index (χ1) is 7.47. The summed E-state index contributed by atoms with van der Waals surface area (Å²) in [5.74, 6) is 1.25. The third-order valence-corrected chi connectivity index (χ3v) is 3.64. The van der Waals surface area contributed by atoms with Gasteiger partial charge in [-0.25, -0.2) is 0 Å². The van der Waals surface area contributed by atoms with Crippen molar-refractivity contribution in [3.63, 3.8) is 0 Å². The number of allylic oxidation sites excluding steroid dienone is 3. The zero-order valence-electron chi connectivity index (χ0n) is 10.3. The summed E-state index contributed by atoms with van der Waals surface area (Å²) in [5, 5.41) is 0. The Morgan fingerprint density at radius 1 is 1.50 bits per heavy atom. The third kappa shape index (κ3) is 2.90. The third-order valence-electron chi connectivity index (χ3n) is 2.44. The van der Waals surface area contributed by atoms with Crippen molar-refractivity contribution in [3.8, 4) is 0 Å². The maximum atomic E-state index is 5.96. The standard InChI is InChI=1S/C13H19IN2/c1-5-6-10(8(2)3)12(14)11-7-9(4)16-13(11)15/h5-8,16H,15H2,1-4H3/b6-5-,12-10-. The number of nitrogens with two attached hydrogens (primary N) is 1. The van der Waals surface area contributed by atoms with Crippen molar-refractivity contribution >= 4 is 32.0 Å². The minimum absolute atomic E-state index is 0.498. The molecule has 3 heteroatoms. The average Bonchev–Trinajstić information content (AvgIpc) is 2.53. The van der Waals surface area contributed by atoms with Crippen LogP contribution >= 0.6 is 22.6 Å². The summed E-state index contributed by atoms with van der Waals surface area (Å²) in [7, 11) is 0. The molecule has 1 aromatic rings. The summed E-state index contributed by atoms with van der Waals surface area (Å²) in [6.07, 6.45) is 4.23. The Morgan fingerprint density at radius 2 is 2.12 bits per heavy atom. The molecule has 0 amide bonds. The molecule has 0 aliphatic carbocycles. The molecule has 88 valence electrons. The Bertz CT molecular complexity index is 425. The summed E-state index contributed by atoms with van der Waals surface area (Å²) >= 11 is 2.38. The highest BCUT2D eigenvalue weighted by Crippen LogP contribution is 2.34. The van der Waals surface area contributed by atoms with Gasteiger partial charge in [-0.05, 0) is 54.0 Å². The Balaban J connectivity index is 3.29. The predicted octanol–water partition coefficient (Wildman–Crippen LogP) is 4.28. The van der Waals surface area contributed by atoms with Crippen LogP contribution in [-0.2, 0) is 0 Å². The van der Waals surface area contributed by atoms with Crippen LogP contribution in [0.4, 0.5) is 5.82 Å². The van der Waals surface area contributed by atoms with Crippen molar-refractivity contribution in [2.45, 2.75) is 27.7 Å². The van der Waals surface area contributed by atoms with Crippen LogP contribution in [0.3, 0.4) is 0 Å². The van der Waals surface area contributed by atoms with Gasteiger partial charge in [0, 0.05) is 14.8 Å². The molecule has 0 spiro atoms. The molecule has 16 heavy (non-hydrogen) atoms. The van der Waals surface area contributed by atoms with Crippen molar-refractivity contribution < 1.29 is 0 Å². The molecule has 1 heterocycles. The molecule has 0 aliphatic heterocycles. The SMILES string of the molecule is C/C=C\C(=C(\I)c1cc(C)[nH]c1N)C(C)C. The second kappa shape index (κ2) is 5.57. The van der Waals surface area contributed by atoms with Crippen molar-refractivity contribution in [1.29, 1.82) is 0 Å². The number of aromatic nitrogens is 1. The van der Waals surface area contributed by atoms with Gasteiger partial charge in [0.1, 0.15) is 5.82 Å². The summed E-state index contributed by atoms with van der Waals surface area (Å²) in [5.41, 5.74) is 9.50. The lowest BCUT2D eigenvalue weighted by molar-refractivity contribution is 0.797. The lowest BCUT2D eigenvalue weighted by atomic mass is 10.0. The lowest BCUT2D eigenvalue weighted by Gasteiger charge is -2.10. The van der Waals surface area contributed by atoms with Crippen molar-refractivity contribution in [3.05, 3.63) is 35.0 Å². The molecule has 0 atom stereocenters. The highest BCUT2D eigenvalue weighted by atomic mass is 127. The van der Waals surface area contributed by atoms with E-state index in [0.29, 0.717) is 5.92 Å². The molecule has 0 bridgehead atoms. The number of halogens is 1. The van der Waals surface area contributed by atoms with Gasteiger partial charge in [0.15, 0.2) is 0 Å². The summed E-state index contributed by atoms with van der Waals surface area (Å²) in [6.45, 7) is 8.46. The van der Waals surface area contributed by atoms with E-state index in [1.807, 2.05) is 13.8 Å². The molecule has 3 N–H and O–H groups in total. The van der Waals surface area contributed by atoms with Crippen LogP contribution in [0.15, 0.2) is 23.8 Å². The van der Waals surface area contributed by atoms with E-state index in [1.54, 1.807) is 0 Å². The van der Waals surface area contributed by atoms with Crippen LogP contribution in [-0.4, -0.2) is 4.98 Å². The van der Waals surface area contributed by atoms with E-state index in [4.69, 9.17) is 5.73 Å². The summed E-state index contributed by atoms with van der Waals surface area (Å²) in [6, 6.07) is 2.10. The van der Waals surface area contributed by atoms with Gasteiger partial charge >= 0.3 is 0 Å². The Kier molecular flexibility index (Phi) is 4.65. The fourth-order valence-electron chi connectivity index (χ4n) is 1.65. The van der Waals surface area contributed by atoms with Gasteiger partial charge in [-0.3, -0.25) is 0 Å². The maximum Gasteiger partial charge on any atom is 0.109 e. The molecular weight excluding hydrogens is 311 g/mol. The zero-order valence-corrected chi connectivity index (χ0v) is 12.4. The van der Waals surface area contributed by atoms with E-state index in [1.165, 1.54) is 9.15 Å². The predicted molar refractivity (Wildman–Crippen MR) is 80.5 cm³/mol. The summed E-state index contributed by atoms with van der Waals surface area (Å²) < 4.78 is 1.23. The van der Waals surface area contributed by atoms with Crippen LogP contribution in [0.25, 0.3) is 3.58 Å². The van der Waals surface area contributed by atoms with Crippen LogP contribution in [0, 0.1) is 12.8 Å². The van der Waals surface area contributed by atoms with Crippen LogP contribution in [0.2, 0.25) is 0 Å². The van der Waals surface area contributed by atoms with Crippen molar-refractivity contribution in [1.82, 2.24) is 4.98 Å². The van der Waals surface area contributed by atoms with E-state index >= 15 is 0 Å². The first kappa shape index (κ1) is 13.4. The highest BCUT2D eigenvalue weighted by Gasteiger charge is 2.12. The number of nitrogen functional groups attached to an aromatic ring is 1. The smallest absolute Gasteiger partial charge is 0.109 e. The van der Waals surface area contributed by atoms with Gasteiger partial charge in [0.25, 0.3) is 0 Å². The maximum absolute atomic E-state index is 5.96. The van der Waals surface area contributed by atoms with Crippen LogP contribution in [0.1, 0.15) is 32.0 Å². The quantitative estimate of drug-likeness (QED) is 0.630. The van der Waals surface area contributed by atoms with E-state index in [0.717, 1.165) is 17.1 Å². The van der Waals surface area contributed by atoms with Crippen LogP contribution < -0.4 is 5.73 Å². The molecular formula is C13H19IN2. The molecule has 1 aromatic heterocycles. The van der Waals surface area contributed by atoms with Crippen molar-refractivity contribution in [2.75, 3.05) is 5.73 Å². The summed E-state index contributed by atoms with van der Waals surface area (Å²) in [4.78, 5) is 3.14. The molecule has 0 aromatic carbocycles. The minimum Gasteiger partial charge on any atom is -0.385 e. The number of aryl methyl sites for hydroxylation is 1. The molecule has 0 aliphatic rings. The van der Waals surface area contributed by atoms with Crippen molar-refractivity contribution in [2.24, 2.45) is 5.92 Å². The Morgan fingerprint density at radius 3 is 2.50 bits per heavy atom. The molecule has 0 saturated carbocycles. The Labute approximate surface area is 111 Å². The van der Waals surface area contributed by atoms with E-state index in [2.05, 4.69) is 59.6 Å². The van der Waals surface area contributed by atoms with Gasteiger partial charge in [0.05, 0.1) is 0 Å². The Hall–Kier alpha value is -0.710. The van der Waals surface area contributed by atoms with Gasteiger partial charge in [-0.15, -0.1) is 0 Å². The van der Waals surface area contributed by atoms with Gasteiger partial charge in [0.2, 0.25) is 0 Å². The number of aromatic amines is 1. The topological polar surface area (TPSA) is 41.8 Å². The fourth-order valence-corrected chi connectivity index (χ4v) is 2.89. The number of nitrogens with one attached hydrogen (secondary N) is 1. The van der Waals surface area contributed by atoms with E-state index in [9.17, 15) is 0 Å². The lowest BCUT2D eigenvalue weighted by Crippen LogP contribution is -1.95. The number of H-pyrrole nitrogens is 1. The zero-order chi connectivity index (χ0) is 12.3. The molecule has 0 fully saturated rings. The average molecular weight is 330 g/mol. The monoisotopic (exact) mass is 330 g/mol. The number of rotatable bonds is 3. The molecule has 1 rings (SSSR count). The normalized spacial score (nSPS) is 13.6. The largest absolute Gasteiger partial charge is 0.385 e. The van der Waals surface area contributed by atoms with Gasteiger partial charge in [-0.2, -0.15) is 0 Å². The molecule has 0 unspecified atom stereocenters. The van der Waals surface area contributed by atoms with Gasteiger partial charge < -0.3 is 10.7 Å². The van der Waals surface area contributed by atoms with E-state index in [-0.39, 0.29) is 0 Å². The second-order valence-electron chi connectivity index (χ2n) is 4.20. The van der Waals surface area contributed by atoms with E-state index < -0.39 is 0 Å². The first-order valence-electron chi connectivity index (χ1n) is 5.45. The number of hydrogen-bond donors (Lipinski definition) is 2. The first-order valence-corrected chi connectivity index (χ1v) is 6.53. The highest BCUT2D eigenvalue weighted by molar-refractivity contribution is 14.1. The number of anilines is 1. The molecule has 0 radical (unpaired) electrons. The fraction of sp³-hybridized carbons (Fsp3) is 0.385. The molecule has 0 saturated heterocycles.